The maximum atomic E-state index is 12.8. The molecule has 1 aromatic carbocycles. The minimum atomic E-state index is -3.61. The summed E-state index contributed by atoms with van der Waals surface area (Å²) in [5.41, 5.74) is 6.09. The number of alkyl halides is 2. The molecular weight excluding hydrogens is 240 g/mol. The topological polar surface area (TPSA) is 44.5 Å². The van der Waals surface area contributed by atoms with Crippen LogP contribution in [0.2, 0.25) is 0 Å². The van der Waals surface area contributed by atoms with Crippen LogP contribution in [0.5, 0.6) is 11.5 Å². The van der Waals surface area contributed by atoms with Gasteiger partial charge in [0.2, 0.25) is 0 Å². The molecule has 0 saturated heterocycles. The number of halogens is 3. The molecule has 0 aliphatic carbocycles. The Morgan fingerprint density at radius 1 is 1.38 bits per heavy atom. The van der Waals surface area contributed by atoms with E-state index in [9.17, 15) is 8.78 Å². The summed E-state index contributed by atoms with van der Waals surface area (Å²) >= 11 is 0. The molecule has 0 saturated carbocycles. The first-order chi connectivity index (χ1) is 7.03. The van der Waals surface area contributed by atoms with Gasteiger partial charge in [0, 0.05) is 5.56 Å². The van der Waals surface area contributed by atoms with Crippen molar-refractivity contribution < 1.29 is 18.3 Å². The Kier molecular flexibility index (Phi) is 3.40. The summed E-state index contributed by atoms with van der Waals surface area (Å²) in [5, 5.41) is 0. The Morgan fingerprint density at radius 3 is 2.69 bits per heavy atom. The van der Waals surface area contributed by atoms with E-state index in [1.807, 2.05) is 0 Å². The first-order valence-corrected chi connectivity index (χ1v) is 4.30. The van der Waals surface area contributed by atoms with E-state index in [0.717, 1.165) is 0 Å². The van der Waals surface area contributed by atoms with Gasteiger partial charge in [0.25, 0.3) is 0 Å². The summed E-state index contributed by atoms with van der Waals surface area (Å²) in [4.78, 5) is 0. The van der Waals surface area contributed by atoms with Gasteiger partial charge in [-0.25, -0.2) is 0 Å². The second-order valence-electron chi connectivity index (χ2n) is 3.10. The molecule has 0 radical (unpaired) electrons. The molecule has 1 unspecified atom stereocenters. The first-order valence-electron chi connectivity index (χ1n) is 4.30. The highest BCUT2D eigenvalue weighted by molar-refractivity contribution is 5.85. The molecule has 3 nitrogen and oxygen atoms in total. The van der Waals surface area contributed by atoms with Crippen molar-refractivity contribution in [3.63, 3.8) is 0 Å². The van der Waals surface area contributed by atoms with E-state index in [2.05, 4.69) is 16.1 Å². The van der Waals surface area contributed by atoms with Crippen molar-refractivity contribution >= 4 is 12.4 Å². The van der Waals surface area contributed by atoms with Gasteiger partial charge in [0.05, 0.1) is 6.04 Å². The molecule has 88 valence electrons. The standard InChI is InChI=1S/C10H9F2NO2.ClH/c1-2-7(13)6-4-3-5-8-9(6)15-10(11,12)14-8;/h2-5,7H,1,13H2;1H. The van der Waals surface area contributed by atoms with Gasteiger partial charge in [0.1, 0.15) is 0 Å². The molecule has 1 atom stereocenters. The fourth-order valence-electron chi connectivity index (χ4n) is 1.38. The Labute approximate surface area is 97.2 Å². The van der Waals surface area contributed by atoms with Crippen LogP contribution < -0.4 is 15.2 Å². The second kappa shape index (κ2) is 4.27. The van der Waals surface area contributed by atoms with E-state index in [1.54, 1.807) is 12.1 Å². The van der Waals surface area contributed by atoms with Crippen LogP contribution in [0.4, 0.5) is 8.78 Å². The van der Waals surface area contributed by atoms with E-state index < -0.39 is 12.3 Å². The highest BCUT2D eigenvalue weighted by Gasteiger charge is 2.44. The molecule has 1 aliphatic heterocycles. The molecule has 1 aliphatic rings. The van der Waals surface area contributed by atoms with Crippen LogP contribution in [0.15, 0.2) is 30.9 Å². The van der Waals surface area contributed by atoms with Crippen molar-refractivity contribution in [2.45, 2.75) is 12.3 Å². The van der Waals surface area contributed by atoms with Crippen LogP contribution in [0.3, 0.4) is 0 Å². The number of fused-ring (bicyclic) bond motifs is 1. The van der Waals surface area contributed by atoms with E-state index in [0.29, 0.717) is 5.56 Å². The SMILES string of the molecule is C=CC(N)c1cccc2c1OC(F)(F)O2.Cl. The molecule has 0 fully saturated rings. The van der Waals surface area contributed by atoms with Crippen molar-refractivity contribution in [1.82, 2.24) is 0 Å². The lowest BCUT2D eigenvalue weighted by atomic mass is 10.1. The molecule has 16 heavy (non-hydrogen) atoms. The molecule has 0 amide bonds. The van der Waals surface area contributed by atoms with E-state index in [-0.39, 0.29) is 23.9 Å². The molecule has 1 heterocycles. The van der Waals surface area contributed by atoms with Gasteiger partial charge >= 0.3 is 6.29 Å². The monoisotopic (exact) mass is 249 g/mol. The molecule has 2 N–H and O–H groups in total. The number of para-hydroxylation sites is 1. The number of nitrogens with two attached hydrogens (primary N) is 1. The fraction of sp³-hybridized carbons (Fsp3) is 0.200. The lowest BCUT2D eigenvalue weighted by Gasteiger charge is -2.09. The zero-order valence-electron chi connectivity index (χ0n) is 8.15. The van der Waals surface area contributed by atoms with Gasteiger partial charge in [-0.3, -0.25) is 0 Å². The Morgan fingerprint density at radius 2 is 2.06 bits per heavy atom. The summed E-state index contributed by atoms with van der Waals surface area (Å²) < 4.78 is 34.2. The average Bonchev–Trinajstić information content (AvgIpc) is 2.49. The smallest absolute Gasteiger partial charge is 0.395 e. The Bertz CT molecular complexity index is 412. The number of hydrogen-bond donors (Lipinski definition) is 1. The number of ether oxygens (including phenoxy) is 2. The number of benzene rings is 1. The number of rotatable bonds is 2. The predicted molar refractivity (Wildman–Crippen MR) is 57.0 cm³/mol. The quantitative estimate of drug-likeness (QED) is 0.820. The third-order valence-corrected chi connectivity index (χ3v) is 2.07. The second-order valence-corrected chi connectivity index (χ2v) is 3.10. The molecule has 0 bridgehead atoms. The van der Waals surface area contributed by atoms with E-state index >= 15 is 0 Å². The van der Waals surface area contributed by atoms with Crippen LogP contribution in [0.1, 0.15) is 11.6 Å². The van der Waals surface area contributed by atoms with Crippen LogP contribution in [0.25, 0.3) is 0 Å². The summed E-state index contributed by atoms with van der Waals surface area (Å²) in [7, 11) is 0. The summed E-state index contributed by atoms with van der Waals surface area (Å²) in [6.07, 6.45) is -2.17. The number of hydrogen-bond acceptors (Lipinski definition) is 3. The average molecular weight is 250 g/mol. The molecule has 0 aromatic heterocycles. The van der Waals surface area contributed by atoms with Crippen molar-refractivity contribution in [2.24, 2.45) is 5.73 Å². The Balaban J connectivity index is 0.00000128. The van der Waals surface area contributed by atoms with Crippen LogP contribution in [-0.2, 0) is 0 Å². The third kappa shape index (κ3) is 2.10. The highest BCUT2D eigenvalue weighted by Crippen LogP contribution is 2.44. The molecule has 0 spiro atoms. The minimum Gasteiger partial charge on any atom is -0.395 e. The summed E-state index contributed by atoms with van der Waals surface area (Å²) in [5.74, 6) is -0.0234. The molecule has 6 heteroatoms. The van der Waals surface area contributed by atoms with Crippen LogP contribution in [0, 0.1) is 0 Å². The van der Waals surface area contributed by atoms with Gasteiger partial charge in [0.15, 0.2) is 11.5 Å². The molecular formula is C10H10ClF2NO2. The van der Waals surface area contributed by atoms with Crippen molar-refractivity contribution in [3.8, 4) is 11.5 Å². The fourth-order valence-corrected chi connectivity index (χ4v) is 1.38. The zero-order valence-corrected chi connectivity index (χ0v) is 8.97. The lowest BCUT2D eigenvalue weighted by molar-refractivity contribution is -0.286. The highest BCUT2D eigenvalue weighted by atomic mass is 35.5. The maximum Gasteiger partial charge on any atom is 0.586 e. The van der Waals surface area contributed by atoms with Gasteiger partial charge < -0.3 is 15.2 Å². The van der Waals surface area contributed by atoms with E-state index in [4.69, 9.17) is 5.73 Å². The zero-order chi connectivity index (χ0) is 11.1. The summed E-state index contributed by atoms with van der Waals surface area (Å²) in [6, 6.07) is 4.01. The van der Waals surface area contributed by atoms with Gasteiger partial charge in [-0.1, -0.05) is 18.2 Å². The lowest BCUT2D eigenvalue weighted by Crippen LogP contribution is -2.26. The van der Waals surface area contributed by atoms with Crippen LogP contribution >= 0.6 is 12.4 Å². The minimum absolute atomic E-state index is 0. The van der Waals surface area contributed by atoms with E-state index in [1.165, 1.54) is 12.1 Å². The van der Waals surface area contributed by atoms with Gasteiger partial charge in [-0.05, 0) is 6.07 Å². The predicted octanol–water partition coefficient (Wildman–Crippen LogP) is 2.62. The van der Waals surface area contributed by atoms with Crippen molar-refractivity contribution in [1.29, 1.82) is 0 Å². The first kappa shape index (κ1) is 12.7. The van der Waals surface area contributed by atoms with Gasteiger partial charge in [-0.15, -0.1) is 27.8 Å². The largest absolute Gasteiger partial charge is 0.586 e. The Hall–Kier alpha value is -1.33. The molecule has 2 rings (SSSR count). The molecule has 1 aromatic rings. The van der Waals surface area contributed by atoms with Crippen LogP contribution in [-0.4, -0.2) is 6.29 Å². The van der Waals surface area contributed by atoms with Gasteiger partial charge in [-0.2, -0.15) is 0 Å². The summed E-state index contributed by atoms with van der Waals surface area (Å²) in [6.45, 7) is 3.49. The maximum absolute atomic E-state index is 12.8. The normalized spacial score (nSPS) is 17.4. The van der Waals surface area contributed by atoms with Crippen molar-refractivity contribution in [3.05, 3.63) is 36.4 Å². The third-order valence-electron chi connectivity index (χ3n) is 2.07. The van der Waals surface area contributed by atoms with Crippen molar-refractivity contribution in [2.75, 3.05) is 0 Å².